The van der Waals surface area contributed by atoms with Gasteiger partial charge in [0, 0.05) is 25.7 Å². The fourth-order valence-electron chi connectivity index (χ4n) is 2.92. The van der Waals surface area contributed by atoms with Gasteiger partial charge in [-0.05, 0) is 52.9 Å². The number of halogens is 1. The maximum Gasteiger partial charge on any atom is 0.131 e. The Kier molecular flexibility index (Phi) is 4.87. The summed E-state index contributed by atoms with van der Waals surface area (Å²) >= 11 is 6.30. The summed E-state index contributed by atoms with van der Waals surface area (Å²) in [6.45, 7) is 6.53. The highest BCUT2D eigenvalue weighted by Crippen LogP contribution is 2.24. The summed E-state index contributed by atoms with van der Waals surface area (Å²) in [7, 11) is 6.22. The number of rotatable bonds is 4. The standard InChI is InChI=1S/C14H25ClN4/c1-11-13(14(15)18(4)16-11)10-19-7-5-12(6-8-19)9-17(2)3/h12H,5-10H2,1-4H3. The fourth-order valence-corrected chi connectivity index (χ4v) is 3.15. The van der Waals surface area contributed by atoms with Crippen LogP contribution in [0.5, 0.6) is 0 Å². The van der Waals surface area contributed by atoms with Crippen molar-refractivity contribution in [1.82, 2.24) is 19.6 Å². The van der Waals surface area contributed by atoms with Crippen LogP contribution in [0, 0.1) is 12.8 Å². The molecule has 4 nitrogen and oxygen atoms in total. The predicted molar refractivity (Wildman–Crippen MR) is 79.5 cm³/mol. The van der Waals surface area contributed by atoms with Crippen LogP contribution in [0.4, 0.5) is 0 Å². The molecule has 0 amide bonds. The van der Waals surface area contributed by atoms with Crippen molar-refractivity contribution < 1.29 is 0 Å². The smallest absolute Gasteiger partial charge is 0.131 e. The largest absolute Gasteiger partial charge is 0.309 e. The number of piperidine rings is 1. The van der Waals surface area contributed by atoms with E-state index < -0.39 is 0 Å². The molecule has 0 atom stereocenters. The number of aromatic nitrogens is 2. The molecule has 2 rings (SSSR count). The van der Waals surface area contributed by atoms with Gasteiger partial charge < -0.3 is 4.90 Å². The van der Waals surface area contributed by atoms with Crippen molar-refractivity contribution in [1.29, 1.82) is 0 Å². The molecule has 0 aromatic carbocycles. The molecule has 1 fully saturated rings. The minimum absolute atomic E-state index is 0.785. The van der Waals surface area contributed by atoms with E-state index in [0.29, 0.717) is 0 Å². The third-order valence-corrected chi connectivity index (χ3v) is 4.45. The zero-order valence-corrected chi connectivity index (χ0v) is 13.2. The van der Waals surface area contributed by atoms with Crippen molar-refractivity contribution in [3.05, 3.63) is 16.4 Å². The average Bonchev–Trinajstić information content (AvgIpc) is 2.58. The van der Waals surface area contributed by atoms with Gasteiger partial charge in [-0.1, -0.05) is 11.6 Å². The zero-order valence-electron chi connectivity index (χ0n) is 12.5. The molecule has 2 heterocycles. The molecule has 0 radical (unpaired) electrons. The summed E-state index contributed by atoms with van der Waals surface area (Å²) in [5.74, 6) is 0.844. The summed E-state index contributed by atoms with van der Waals surface area (Å²) in [6.07, 6.45) is 2.57. The number of likely N-dealkylation sites (tertiary alicyclic amines) is 1. The fraction of sp³-hybridized carbons (Fsp3) is 0.786. The van der Waals surface area contributed by atoms with Crippen LogP contribution in [0.1, 0.15) is 24.1 Å². The van der Waals surface area contributed by atoms with E-state index in [1.807, 2.05) is 14.0 Å². The van der Waals surface area contributed by atoms with Gasteiger partial charge in [0.2, 0.25) is 0 Å². The average molecular weight is 285 g/mol. The first-order valence-corrected chi connectivity index (χ1v) is 7.40. The topological polar surface area (TPSA) is 24.3 Å². The summed E-state index contributed by atoms with van der Waals surface area (Å²) in [5, 5.41) is 5.17. The molecule has 0 bridgehead atoms. The molecule has 19 heavy (non-hydrogen) atoms. The zero-order chi connectivity index (χ0) is 14.0. The van der Waals surface area contributed by atoms with Crippen molar-refractivity contribution >= 4 is 11.6 Å². The van der Waals surface area contributed by atoms with Gasteiger partial charge in [0.25, 0.3) is 0 Å². The molecule has 5 heteroatoms. The van der Waals surface area contributed by atoms with Crippen molar-refractivity contribution in [2.75, 3.05) is 33.7 Å². The lowest BCUT2D eigenvalue weighted by Crippen LogP contribution is -2.36. The monoisotopic (exact) mass is 284 g/mol. The van der Waals surface area contributed by atoms with Gasteiger partial charge in [-0.15, -0.1) is 0 Å². The summed E-state index contributed by atoms with van der Waals surface area (Å²) in [6, 6.07) is 0. The normalized spacial score (nSPS) is 18.4. The first kappa shape index (κ1) is 14.8. The molecule has 0 N–H and O–H groups in total. The predicted octanol–water partition coefficient (Wildman–Crippen LogP) is 2.16. The van der Waals surface area contributed by atoms with E-state index in [-0.39, 0.29) is 0 Å². The Morgan fingerprint density at radius 3 is 2.42 bits per heavy atom. The van der Waals surface area contributed by atoms with Crippen molar-refractivity contribution in [3.63, 3.8) is 0 Å². The van der Waals surface area contributed by atoms with Crippen LogP contribution in [-0.4, -0.2) is 53.3 Å². The number of aryl methyl sites for hydroxylation is 2. The Labute approximate surface area is 121 Å². The van der Waals surface area contributed by atoms with Crippen molar-refractivity contribution in [2.24, 2.45) is 13.0 Å². The minimum Gasteiger partial charge on any atom is -0.309 e. The molecule has 1 aliphatic heterocycles. The van der Waals surface area contributed by atoms with Crippen LogP contribution in [0.2, 0.25) is 5.15 Å². The van der Waals surface area contributed by atoms with Gasteiger partial charge in [-0.2, -0.15) is 5.10 Å². The lowest BCUT2D eigenvalue weighted by atomic mass is 9.96. The highest BCUT2D eigenvalue weighted by atomic mass is 35.5. The second-order valence-electron chi connectivity index (χ2n) is 5.96. The van der Waals surface area contributed by atoms with Crippen LogP contribution < -0.4 is 0 Å². The van der Waals surface area contributed by atoms with Gasteiger partial charge in [-0.25, -0.2) is 0 Å². The first-order valence-electron chi connectivity index (χ1n) is 7.02. The molecular weight excluding hydrogens is 260 g/mol. The highest BCUT2D eigenvalue weighted by molar-refractivity contribution is 6.30. The summed E-state index contributed by atoms with van der Waals surface area (Å²) in [4.78, 5) is 4.80. The molecule has 0 saturated carbocycles. The van der Waals surface area contributed by atoms with E-state index in [2.05, 4.69) is 29.0 Å². The number of hydrogen-bond acceptors (Lipinski definition) is 3. The summed E-state index contributed by atoms with van der Waals surface area (Å²) < 4.78 is 1.77. The lowest BCUT2D eigenvalue weighted by molar-refractivity contribution is 0.156. The van der Waals surface area contributed by atoms with Crippen LogP contribution in [0.3, 0.4) is 0 Å². The van der Waals surface area contributed by atoms with Crippen molar-refractivity contribution in [2.45, 2.75) is 26.3 Å². The molecule has 1 aliphatic rings. The second kappa shape index (κ2) is 6.25. The molecular formula is C14H25ClN4. The first-order chi connectivity index (χ1) is 8.97. The van der Waals surface area contributed by atoms with Crippen LogP contribution in [-0.2, 0) is 13.6 Å². The second-order valence-corrected chi connectivity index (χ2v) is 6.32. The van der Waals surface area contributed by atoms with Crippen molar-refractivity contribution in [3.8, 4) is 0 Å². The lowest BCUT2D eigenvalue weighted by Gasteiger charge is -2.33. The van der Waals surface area contributed by atoms with E-state index in [1.165, 1.54) is 38.0 Å². The Hall–Kier alpha value is -0.580. The van der Waals surface area contributed by atoms with E-state index >= 15 is 0 Å². The molecule has 0 spiro atoms. The third-order valence-electron chi connectivity index (χ3n) is 3.98. The maximum absolute atomic E-state index is 6.30. The van der Waals surface area contributed by atoms with Crippen LogP contribution in [0.15, 0.2) is 0 Å². The van der Waals surface area contributed by atoms with E-state index in [9.17, 15) is 0 Å². The Balaban J connectivity index is 1.89. The SMILES string of the molecule is Cc1nn(C)c(Cl)c1CN1CCC(CN(C)C)CC1. The molecule has 108 valence electrons. The van der Waals surface area contributed by atoms with Gasteiger partial charge in [-0.3, -0.25) is 9.58 Å². The van der Waals surface area contributed by atoms with E-state index in [4.69, 9.17) is 11.6 Å². The molecule has 0 unspecified atom stereocenters. The van der Waals surface area contributed by atoms with Gasteiger partial charge >= 0.3 is 0 Å². The minimum atomic E-state index is 0.785. The molecule has 1 saturated heterocycles. The van der Waals surface area contributed by atoms with Gasteiger partial charge in [0.1, 0.15) is 5.15 Å². The van der Waals surface area contributed by atoms with Crippen LogP contribution >= 0.6 is 11.6 Å². The molecule has 1 aromatic rings. The Bertz CT molecular complexity index is 419. The van der Waals surface area contributed by atoms with E-state index in [1.54, 1.807) is 4.68 Å². The number of nitrogens with zero attached hydrogens (tertiary/aromatic N) is 4. The highest BCUT2D eigenvalue weighted by Gasteiger charge is 2.22. The maximum atomic E-state index is 6.30. The number of hydrogen-bond donors (Lipinski definition) is 0. The van der Waals surface area contributed by atoms with Crippen LogP contribution in [0.25, 0.3) is 0 Å². The molecule has 1 aromatic heterocycles. The summed E-state index contributed by atoms with van der Waals surface area (Å²) in [5.41, 5.74) is 2.25. The van der Waals surface area contributed by atoms with Gasteiger partial charge in [0.05, 0.1) is 5.69 Å². The Morgan fingerprint density at radius 1 is 1.32 bits per heavy atom. The third kappa shape index (κ3) is 3.71. The molecule has 0 aliphatic carbocycles. The van der Waals surface area contributed by atoms with E-state index in [0.717, 1.165) is 23.3 Å². The van der Waals surface area contributed by atoms with Gasteiger partial charge in [0.15, 0.2) is 0 Å². The quantitative estimate of drug-likeness (QED) is 0.847. The Morgan fingerprint density at radius 2 is 1.95 bits per heavy atom.